The number of amides is 2. The van der Waals surface area contributed by atoms with Gasteiger partial charge in [-0.25, -0.2) is 0 Å². The van der Waals surface area contributed by atoms with Crippen molar-refractivity contribution in [2.45, 2.75) is 139 Å². The zero-order valence-electron chi connectivity index (χ0n) is 28.8. The molecule has 2 amide bonds. The number of nitrogens with zero attached hydrogens (tertiary/aromatic N) is 1. The van der Waals surface area contributed by atoms with Crippen molar-refractivity contribution in [3.8, 4) is 0 Å². The molecule has 0 aromatic heterocycles. The van der Waals surface area contributed by atoms with Crippen LogP contribution in [-0.4, -0.2) is 41.6 Å². The molecule has 1 N–H and O–H groups in total. The van der Waals surface area contributed by atoms with Crippen LogP contribution in [0.5, 0.6) is 0 Å². The molecule has 8 atom stereocenters. The van der Waals surface area contributed by atoms with E-state index in [4.69, 9.17) is 0 Å². The lowest BCUT2D eigenvalue weighted by atomic mass is 9.33. The average molecular weight is 593 g/mol. The van der Waals surface area contributed by atoms with Gasteiger partial charge in [-0.05, 0) is 121 Å². The van der Waals surface area contributed by atoms with Crippen molar-refractivity contribution < 1.29 is 14.4 Å². The molecule has 1 heterocycles. The van der Waals surface area contributed by atoms with Gasteiger partial charge in [0.25, 0.3) is 0 Å². The van der Waals surface area contributed by atoms with Gasteiger partial charge in [-0.3, -0.25) is 14.4 Å². The predicted molar refractivity (Wildman–Crippen MR) is 172 cm³/mol. The van der Waals surface area contributed by atoms with Crippen molar-refractivity contribution in [3.63, 3.8) is 0 Å². The number of fused-ring (bicyclic) bond motifs is 7. The molecular formula is C38H60N2O3. The van der Waals surface area contributed by atoms with Gasteiger partial charge in [0.15, 0.2) is 5.78 Å². The minimum atomic E-state index is 0.0223. The maximum atomic E-state index is 13.5. The minimum absolute atomic E-state index is 0.0223. The van der Waals surface area contributed by atoms with E-state index in [0.29, 0.717) is 42.5 Å². The molecule has 4 saturated carbocycles. The van der Waals surface area contributed by atoms with E-state index < -0.39 is 0 Å². The van der Waals surface area contributed by atoms with E-state index >= 15 is 0 Å². The fourth-order valence-electron chi connectivity index (χ4n) is 12.9. The van der Waals surface area contributed by atoms with Gasteiger partial charge in [0.2, 0.25) is 11.8 Å². The number of carbonyl (C=O) groups excluding carboxylic acids is 3. The number of piperidine rings is 1. The second-order valence-electron chi connectivity index (χ2n) is 18.0. The first-order valence-corrected chi connectivity index (χ1v) is 17.8. The Morgan fingerprint density at radius 1 is 0.814 bits per heavy atom. The first kappa shape index (κ1) is 31.3. The van der Waals surface area contributed by atoms with E-state index in [9.17, 15) is 14.4 Å². The monoisotopic (exact) mass is 592 g/mol. The Balaban J connectivity index is 1.24. The van der Waals surface area contributed by atoms with E-state index in [1.165, 1.54) is 44.1 Å². The number of rotatable bonds is 3. The highest BCUT2D eigenvalue weighted by molar-refractivity contribution is 6.00. The Kier molecular flexibility index (Phi) is 7.42. The quantitative estimate of drug-likeness (QED) is 0.365. The minimum Gasteiger partial charge on any atom is -0.353 e. The SMILES string of the molecule is CC(=O)N1CCC(C(=O)NC2CC[C@]3(C)[C@H]4CC[C@@H]5C6=C(C(C)C)C(=O)C[C@]6(C)CC[C@@]5(C)[C@]4(C)CC[C@H]3C2(C)C)CC1. The van der Waals surface area contributed by atoms with Crippen LogP contribution in [0.25, 0.3) is 0 Å². The molecule has 43 heavy (non-hydrogen) atoms. The van der Waals surface area contributed by atoms with E-state index in [1.54, 1.807) is 12.5 Å². The Bertz CT molecular complexity index is 1230. The van der Waals surface area contributed by atoms with Crippen LogP contribution < -0.4 is 5.32 Å². The lowest BCUT2D eigenvalue weighted by Gasteiger charge is -2.72. The summed E-state index contributed by atoms with van der Waals surface area (Å²) < 4.78 is 0. The lowest BCUT2D eigenvalue weighted by Crippen LogP contribution is -2.67. The summed E-state index contributed by atoms with van der Waals surface area (Å²) in [6.45, 7) is 22.7. The van der Waals surface area contributed by atoms with Gasteiger partial charge >= 0.3 is 0 Å². The Morgan fingerprint density at radius 2 is 1.49 bits per heavy atom. The molecule has 0 bridgehead atoms. The van der Waals surface area contributed by atoms with Crippen LogP contribution >= 0.6 is 0 Å². The normalized spacial score (nSPS) is 44.4. The topological polar surface area (TPSA) is 66.5 Å². The third kappa shape index (κ3) is 4.38. The van der Waals surface area contributed by atoms with Crippen LogP contribution in [0.2, 0.25) is 0 Å². The summed E-state index contributed by atoms with van der Waals surface area (Å²) >= 11 is 0. The second kappa shape index (κ2) is 10.2. The van der Waals surface area contributed by atoms with Crippen LogP contribution in [-0.2, 0) is 14.4 Å². The zero-order valence-corrected chi connectivity index (χ0v) is 28.8. The Morgan fingerprint density at radius 3 is 2.12 bits per heavy atom. The molecule has 5 nitrogen and oxygen atoms in total. The first-order valence-electron chi connectivity index (χ1n) is 17.8. The summed E-state index contributed by atoms with van der Waals surface area (Å²) in [5.41, 5.74) is 3.65. The van der Waals surface area contributed by atoms with Gasteiger partial charge in [-0.2, -0.15) is 0 Å². The fourth-order valence-corrected chi connectivity index (χ4v) is 12.9. The van der Waals surface area contributed by atoms with Crippen molar-refractivity contribution in [1.29, 1.82) is 0 Å². The van der Waals surface area contributed by atoms with Crippen molar-refractivity contribution in [1.82, 2.24) is 10.2 Å². The molecule has 240 valence electrons. The summed E-state index contributed by atoms with van der Waals surface area (Å²) in [6, 6.07) is 0.207. The molecule has 0 spiro atoms. The van der Waals surface area contributed by atoms with Gasteiger partial charge in [0, 0.05) is 38.4 Å². The van der Waals surface area contributed by atoms with E-state index in [0.717, 1.165) is 32.1 Å². The molecule has 5 fully saturated rings. The number of likely N-dealkylation sites (tertiary alicyclic amines) is 1. The maximum Gasteiger partial charge on any atom is 0.223 e. The lowest BCUT2D eigenvalue weighted by molar-refractivity contribution is -0.216. The molecule has 5 aliphatic carbocycles. The second-order valence-corrected chi connectivity index (χ2v) is 18.0. The van der Waals surface area contributed by atoms with Crippen LogP contribution in [0.4, 0.5) is 0 Å². The Hall–Kier alpha value is -1.65. The third-order valence-corrected chi connectivity index (χ3v) is 15.4. The molecule has 6 rings (SSSR count). The molecule has 0 radical (unpaired) electrons. The van der Waals surface area contributed by atoms with Gasteiger partial charge in [0.05, 0.1) is 0 Å². The standard InChI is InChI=1S/C38H60N2O3/c1-23(2)31-27(42)22-35(6)18-19-37(8)26(32(31)35)10-11-29-36(7)16-13-30(34(4,5)28(36)12-17-38(29,37)9)39-33(43)25-14-20-40(21-15-25)24(3)41/h23,25-26,28-30H,10-22H2,1-9H3,(H,39,43)/t26-,28+,29-,30?,35+,36+,37-,38-/m1/s1. The number of nitrogens with one attached hydrogen (secondary N) is 1. The fraction of sp³-hybridized carbons (Fsp3) is 0.868. The number of ketones is 1. The van der Waals surface area contributed by atoms with E-state index in [1.807, 2.05) is 4.90 Å². The molecule has 6 aliphatic rings. The molecule has 1 unspecified atom stereocenters. The highest BCUT2D eigenvalue weighted by Crippen LogP contribution is 2.76. The number of Topliss-reactive ketones (excluding diaryl/α,β-unsaturated/α-hetero) is 1. The third-order valence-electron chi connectivity index (χ3n) is 15.4. The molecule has 0 aromatic rings. The van der Waals surface area contributed by atoms with Gasteiger partial charge in [-0.15, -0.1) is 0 Å². The molecule has 5 heteroatoms. The highest BCUT2D eigenvalue weighted by Gasteiger charge is 2.69. The summed E-state index contributed by atoms with van der Waals surface area (Å²) in [6.07, 6.45) is 11.9. The van der Waals surface area contributed by atoms with Crippen molar-refractivity contribution in [2.75, 3.05) is 13.1 Å². The molecule has 1 aliphatic heterocycles. The summed E-state index contributed by atoms with van der Waals surface area (Å²) in [4.78, 5) is 40.6. The number of hydrogen-bond acceptors (Lipinski definition) is 3. The van der Waals surface area contributed by atoms with Crippen LogP contribution in [0.15, 0.2) is 11.1 Å². The summed E-state index contributed by atoms with van der Waals surface area (Å²) in [7, 11) is 0. The van der Waals surface area contributed by atoms with Crippen molar-refractivity contribution in [2.24, 2.45) is 56.7 Å². The summed E-state index contributed by atoms with van der Waals surface area (Å²) in [5.74, 6) is 2.91. The smallest absolute Gasteiger partial charge is 0.223 e. The Labute approximate surface area is 261 Å². The molecular weight excluding hydrogens is 532 g/mol. The van der Waals surface area contributed by atoms with Gasteiger partial charge in [0.1, 0.15) is 0 Å². The zero-order chi connectivity index (χ0) is 31.3. The molecule has 0 aromatic carbocycles. The number of allylic oxidation sites excluding steroid dienone is 2. The van der Waals surface area contributed by atoms with Crippen molar-refractivity contribution in [3.05, 3.63) is 11.1 Å². The average Bonchev–Trinajstić information content (AvgIpc) is 3.21. The van der Waals surface area contributed by atoms with Crippen LogP contribution in [0, 0.1) is 56.7 Å². The maximum absolute atomic E-state index is 13.5. The molecule has 1 saturated heterocycles. The first-order chi connectivity index (χ1) is 20.0. The van der Waals surface area contributed by atoms with Crippen molar-refractivity contribution >= 4 is 17.6 Å². The van der Waals surface area contributed by atoms with Gasteiger partial charge < -0.3 is 10.2 Å². The van der Waals surface area contributed by atoms with E-state index in [2.05, 4.69) is 60.7 Å². The van der Waals surface area contributed by atoms with Crippen LogP contribution in [0.3, 0.4) is 0 Å². The number of carbonyl (C=O) groups is 3. The predicted octanol–water partition coefficient (Wildman–Crippen LogP) is 7.73. The van der Waals surface area contributed by atoms with E-state index in [-0.39, 0.29) is 50.8 Å². The van der Waals surface area contributed by atoms with Gasteiger partial charge in [-0.1, -0.05) is 61.0 Å². The number of hydrogen-bond donors (Lipinski definition) is 1. The van der Waals surface area contributed by atoms with Crippen LogP contribution in [0.1, 0.15) is 133 Å². The largest absolute Gasteiger partial charge is 0.353 e. The highest BCUT2D eigenvalue weighted by atomic mass is 16.2. The summed E-state index contributed by atoms with van der Waals surface area (Å²) in [5, 5.41) is 3.58.